The maximum absolute atomic E-state index is 10.6. The Hall–Kier alpha value is 0.830. The van der Waals surface area contributed by atoms with Crippen LogP contribution in [-0.4, -0.2) is 49.9 Å². The van der Waals surface area contributed by atoms with Gasteiger partial charge in [-0.1, -0.05) is 0 Å². The van der Waals surface area contributed by atoms with Crippen LogP contribution in [0.5, 0.6) is 0 Å². The van der Waals surface area contributed by atoms with Gasteiger partial charge in [-0.15, -0.1) is 0 Å². The van der Waals surface area contributed by atoms with Crippen molar-refractivity contribution < 1.29 is 12.7 Å². The van der Waals surface area contributed by atoms with Crippen LogP contribution in [-0.2, 0) is 14.4 Å². The Morgan fingerprint density at radius 2 is 2.09 bits per heavy atom. The molecule has 0 radical (unpaired) electrons. The third-order valence-electron chi connectivity index (χ3n) is 0.715. The summed E-state index contributed by atoms with van der Waals surface area (Å²) in [6.07, 6.45) is -0.485. The summed E-state index contributed by atoms with van der Waals surface area (Å²) in [4.78, 5) is 0. The summed E-state index contributed by atoms with van der Waals surface area (Å²) >= 11 is 0. The van der Waals surface area contributed by atoms with E-state index >= 15 is 0 Å². The second kappa shape index (κ2) is 6.36. The molecule has 0 amide bonds. The van der Waals surface area contributed by atoms with Crippen LogP contribution in [0, 0.1) is 0 Å². The van der Waals surface area contributed by atoms with E-state index in [2.05, 4.69) is 9.76 Å². The number of rotatable bonds is 4. The van der Waals surface area contributed by atoms with E-state index in [-0.39, 0.29) is 35.3 Å². The quantitative estimate of drug-likeness (QED) is 0.322. The van der Waals surface area contributed by atoms with Gasteiger partial charge < -0.3 is 5.73 Å². The average molecular weight is 192 g/mol. The SMILES string of the molecule is CCS(=O)(=O)ONC(C)N.[NaH]. The van der Waals surface area contributed by atoms with E-state index in [0.29, 0.717) is 0 Å². The molecule has 0 saturated carbocycles. The van der Waals surface area contributed by atoms with Gasteiger partial charge in [-0.05, 0) is 13.8 Å². The molecule has 0 aromatic rings. The molecule has 0 aliphatic heterocycles. The van der Waals surface area contributed by atoms with Gasteiger partial charge in [-0.3, -0.25) is 0 Å². The van der Waals surface area contributed by atoms with Crippen LogP contribution in [0.2, 0.25) is 0 Å². The molecule has 64 valence electrons. The van der Waals surface area contributed by atoms with E-state index in [1.54, 1.807) is 6.92 Å². The molecule has 0 aromatic heterocycles. The monoisotopic (exact) mass is 192 g/mol. The second-order valence-electron chi connectivity index (χ2n) is 1.84. The van der Waals surface area contributed by atoms with Gasteiger partial charge in [0.05, 0.1) is 11.9 Å². The van der Waals surface area contributed by atoms with Crippen molar-refractivity contribution in [1.29, 1.82) is 0 Å². The Labute approximate surface area is 89.0 Å². The number of hydrogen-bond acceptors (Lipinski definition) is 5. The summed E-state index contributed by atoms with van der Waals surface area (Å²) < 4.78 is 25.4. The molecule has 1 atom stereocenters. The molecule has 0 aromatic carbocycles. The van der Waals surface area contributed by atoms with E-state index in [4.69, 9.17) is 5.73 Å². The molecule has 0 bridgehead atoms. The molecule has 0 spiro atoms. The summed E-state index contributed by atoms with van der Waals surface area (Å²) in [5, 5.41) is 0. The molecular formula is C4H13N2NaO3S. The van der Waals surface area contributed by atoms with Gasteiger partial charge in [-0.2, -0.15) is 18.2 Å². The van der Waals surface area contributed by atoms with Crippen molar-refractivity contribution in [3.63, 3.8) is 0 Å². The standard InChI is InChI=1S/C4H12N2O3S.Na.H/c1-3-10(7,8)9-6-4(2)5;;/h4,6H,3,5H2,1-2H3;;. The van der Waals surface area contributed by atoms with E-state index < -0.39 is 16.3 Å². The van der Waals surface area contributed by atoms with Gasteiger partial charge in [0.15, 0.2) is 0 Å². The Balaban J connectivity index is 0. The first-order chi connectivity index (χ1) is 4.48. The number of hydrogen-bond donors (Lipinski definition) is 2. The Bertz CT molecular complexity index is 180. The number of hydroxylamine groups is 1. The molecule has 0 fully saturated rings. The zero-order valence-electron chi connectivity index (χ0n) is 5.99. The summed E-state index contributed by atoms with van der Waals surface area (Å²) in [7, 11) is -3.41. The van der Waals surface area contributed by atoms with Crippen LogP contribution in [0.1, 0.15) is 13.8 Å². The van der Waals surface area contributed by atoms with Crippen LogP contribution in [0.15, 0.2) is 0 Å². The van der Waals surface area contributed by atoms with Crippen molar-refractivity contribution in [3.8, 4) is 0 Å². The molecule has 0 rings (SSSR count). The second-order valence-corrected chi connectivity index (χ2v) is 3.70. The Morgan fingerprint density at radius 1 is 1.64 bits per heavy atom. The predicted molar refractivity (Wildman–Crippen MR) is 44.5 cm³/mol. The molecule has 3 N–H and O–H groups in total. The fraction of sp³-hybridized carbons (Fsp3) is 1.00. The van der Waals surface area contributed by atoms with Crippen LogP contribution >= 0.6 is 0 Å². The van der Waals surface area contributed by atoms with Crippen molar-refractivity contribution in [3.05, 3.63) is 0 Å². The zero-order chi connectivity index (χ0) is 8.20. The molecule has 0 aliphatic rings. The molecule has 11 heavy (non-hydrogen) atoms. The van der Waals surface area contributed by atoms with Crippen molar-refractivity contribution in [2.75, 3.05) is 5.75 Å². The van der Waals surface area contributed by atoms with Crippen LogP contribution in [0.3, 0.4) is 0 Å². The van der Waals surface area contributed by atoms with Crippen LogP contribution in [0.25, 0.3) is 0 Å². The summed E-state index contributed by atoms with van der Waals surface area (Å²) in [6, 6.07) is 0. The molecule has 0 saturated heterocycles. The van der Waals surface area contributed by atoms with Crippen molar-refractivity contribution >= 4 is 39.7 Å². The first-order valence-electron chi connectivity index (χ1n) is 2.90. The zero-order valence-corrected chi connectivity index (χ0v) is 6.81. The van der Waals surface area contributed by atoms with E-state index in [0.717, 1.165) is 0 Å². The topological polar surface area (TPSA) is 81.4 Å². The van der Waals surface area contributed by atoms with Crippen molar-refractivity contribution in [2.24, 2.45) is 5.73 Å². The number of nitrogens with two attached hydrogens (primary N) is 1. The first-order valence-corrected chi connectivity index (χ1v) is 4.48. The Morgan fingerprint density at radius 3 is 2.36 bits per heavy atom. The summed E-state index contributed by atoms with van der Waals surface area (Å²) in [6.45, 7) is 3.06. The molecule has 0 aliphatic carbocycles. The van der Waals surface area contributed by atoms with E-state index in [9.17, 15) is 8.42 Å². The fourth-order valence-corrected chi connectivity index (χ4v) is 0.624. The van der Waals surface area contributed by atoms with E-state index in [1.165, 1.54) is 6.92 Å². The Kier molecular flexibility index (Phi) is 8.30. The third kappa shape index (κ3) is 8.74. The molecule has 5 nitrogen and oxygen atoms in total. The number of nitrogens with one attached hydrogen (secondary N) is 1. The van der Waals surface area contributed by atoms with Gasteiger partial charge in [0, 0.05) is 0 Å². The summed E-state index contributed by atoms with van der Waals surface area (Å²) in [5.41, 5.74) is 7.28. The minimum absolute atomic E-state index is 0. The van der Waals surface area contributed by atoms with Crippen LogP contribution in [0.4, 0.5) is 0 Å². The predicted octanol–water partition coefficient (Wildman–Crippen LogP) is -1.49. The van der Waals surface area contributed by atoms with Gasteiger partial charge in [-0.25, -0.2) is 0 Å². The van der Waals surface area contributed by atoms with Crippen molar-refractivity contribution in [1.82, 2.24) is 5.48 Å². The molecule has 0 heterocycles. The maximum atomic E-state index is 10.6. The van der Waals surface area contributed by atoms with Crippen molar-refractivity contribution in [2.45, 2.75) is 20.0 Å². The molecular weight excluding hydrogens is 179 g/mol. The van der Waals surface area contributed by atoms with Gasteiger partial charge >= 0.3 is 29.6 Å². The normalized spacial score (nSPS) is 13.7. The average Bonchev–Trinajstić information content (AvgIpc) is 1.85. The summed E-state index contributed by atoms with van der Waals surface area (Å²) in [5.74, 6) is -0.0628. The minimum atomic E-state index is -3.41. The van der Waals surface area contributed by atoms with E-state index in [1.807, 2.05) is 0 Å². The molecule has 7 heteroatoms. The van der Waals surface area contributed by atoms with Crippen LogP contribution < -0.4 is 11.2 Å². The molecule has 1 unspecified atom stereocenters. The van der Waals surface area contributed by atoms with Gasteiger partial charge in [0.1, 0.15) is 0 Å². The first kappa shape index (κ1) is 14.4. The van der Waals surface area contributed by atoms with Gasteiger partial charge in [0.2, 0.25) is 0 Å². The van der Waals surface area contributed by atoms with Gasteiger partial charge in [0.25, 0.3) is 10.1 Å². The third-order valence-corrected chi connectivity index (χ3v) is 1.77. The fourth-order valence-electron chi connectivity index (χ4n) is 0.208.